The predicted molar refractivity (Wildman–Crippen MR) is 183 cm³/mol. The van der Waals surface area contributed by atoms with Gasteiger partial charge in [-0.15, -0.1) is 0 Å². The topological polar surface area (TPSA) is 77.5 Å². The fourth-order valence-corrected chi connectivity index (χ4v) is 8.47. The van der Waals surface area contributed by atoms with Crippen molar-refractivity contribution in [2.45, 2.75) is 146 Å². The maximum atomic E-state index is 15.1. The molecule has 2 saturated carbocycles. The number of benzene rings is 2. The number of aryl methyl sites for hydroxylation is 1. The molecule has 268 valence electrons. The first kappa shape index (κ1) is 35.7. The zero-order valence-corrected chi connectivity index (χ0v) is 28.9. The third-order valence-electron chi connectivity index (χ3n) is 11.3. The Kier molecular flexibility index (Phi) is 10.9. The number of rotatable bonds is 7. The summed E-state index contributed by atoms with van der Waals surface area (Å²) in [5, 5.41) is 14.7. The van der Waals surface area contributed by atoms with E-state index in [4.69, 9.17) is 10.1 Å². The minimum absolute atomic E-state index is 0.0191. The number of nitrogens with zero attached hydrogens (tertiary/aromatic N) is 1. The second-order valence-electron chi connectivity index (χ2n) is 15.3. The Morgan fingerprint density at radius 2 is 1.67 bits per heavy atom. The van der Waals surface area contributed by atoms with E-state index in [2.05, 4.69) is 10.6 Å². The van der Waals surface area contributed by atoms with Crippen molar-refractivity contribution in [2.75, 3.05) is 6.54 Å². The predicted octanol–water partition coefficient (Wildman–Crippen LogP) is 9.22. The molecule has 3 N–H and O–H groups in total. The normalized spacial score (nSPS) is 25.8. The molecule has 2 saturated heterocycles. The zero-order valence-electron chi connectivity index (χ0n) is 28.9. The van der Waals surface area contributed by atoms with Gasteiger partial charge in [-0.1, -0.05) is 69.6 Å². The van der Waals surface area contributed by atoms with Crippen molar-refractivity contribution in [3.05, 3.63) is 70.0 Å². The molecule has 4 atom stereocenters. The van der Waals surface area contributed by atoms with Crippen LogP contribution in [0.3, 0.4) is 0 Å². The lowest BCUT2D eigenvalue weighted by molar-refractivity contribution is -0.174. The van der Waals surface area contributed by atoms with Gasteiger partial charge in [-0.05, 0) is 98.7 Å². The maximum absolute atomic E-state index is 15.1. The highest BCUT2D eigenvalue weighted by Gasteiger charge is 2.52. The second-order valence-corrected chi connectivity index (χ2v) is 15.3. The number of piperidine rings is 1. The van der Waals surface area contributed by atoms with Crippen LogP contribution in [-0.2, 0) is 11.3 Å². The SMILES string of the molecule is Cc1cc([C@@H](NC(=O)c2cc(CN3C[C@@H](C)OC3=N)cc(C3CCC4(CCCCCCCCCC4)NC3C(F)(F)F)c2)C2CC2)ccc1F. The van der Waals surface area contributed by atoms with Crippen LogP contribution in [0.2, 0.25) is 0 Å². The lowest BCUT2D eigenvalue weighted by Crippen LogP contribution is -2.61. The summed E-state index contributed by atoms with van der Waals surface area (Å²) in [6.45, 7) is 4.30. The average molecular weight is 685 g/mol. The molecule has 2 heterocycles. The molecule has 0 bridgehead atoms. The zero-order chi connectivity index (χ0) is 34.8. The van der Waals surface area contributed by atoms with Gasteiger partial charge < -0.3 is 20.3 Å². The highest BCUT2D eigenvalue weighted by molar-refractivity contribution is 5.95. The van der Waals surface area contributed by atoms with Gasteiger partial charge in [-0.2, -0.15) is 13.2 Å². The van der Waals surface area contributed by atoms with Gasteiger partial charge in [-0.25, -0.2) is 4.39 Å². The number of amides is 1. The lowest BCUT2D eigenvalue weighted by atomic mass is 9.72. The fourth-order valence-electron chi connectivity index (χ4n) is 8.47. The Hall–Kier alpha value is -3.14. The number of nitrogens with one attached hydrogen (secondary N) is 3. The summed E-state index contributed by atoms with van der Waals surface area (Å²) >= 11 is 0. The summed E-state index contributed by atoms with van der Waals surface area (Å²) in [6, 6.07) is 8.03. The van der Waals surface area contributed by atoms with Gasteiger partial charge in [0.1, 0.15) is 18.0 Å². The van der Waals surface area contributed by atoms with Crippen LogP contribution in [0.5, 0.6) is 0 Å². The Morgan fingerprint density at radius 1 is 1.00 bits per heavy atom. The summed E-state index contributed by atoms with van der Waals surface area (Å²) in [5.74, 6) is -1.32. The van der Waals surface area contributed by atoms with E-state index in [0.717, 1.165) is 69.8 Å². The molecule has 6 nitrogen and oxygen atoms in total. The molecule has 2 aromatic rings. The minimum atomic E-state index is -4.47. The van der Waals surface area contributed by atoms with E-state index >= 15 is 13.2 Å². The smallest absolute Gasteiger partial charge is 0.404 e. The van der Waals surface area contributed by atoms with Gasteiger partial charge in [0.2, 0.25) is 0 Å². The van der Waals surface area contributed by atoms with Gasteiger partial charge in [0, 0.05) is 23.6 Å². The van der Waals surface area contributed by atoms with E-state index in [1.807, 2.05) is 6.92 Å². The molecular weight excluding hydrogens is 632 g/mol. The second kappa shape index (κ2) is 15.0. The van der Waals surface area contributed by atoms with Crippen molar-refractivity contribution in [2.24, 2.45) is 5.92 Å². The summed E-state index contributed by atoms with van der Waals surface area (Å²) in [6.07, 6.45) is 8.41. The van der Waals surface area contributed by atoms with Crippen LogP contribution in [0, 0.1) is 24.1 Å². The molecule has 1 spiro atoms. The first-order chi connectivity index (χ1) is 23.4. The molecular formula is C39H52F4N4O2. The molecule has 49 heavy (non-hydrogen) atoms. The van der Waals surface area contributed by atoms with Gasteiger partial charge in [0.15, 0.2) is 0 Å². The van der Waals surface area contributed by atoms with Crippen LogP contribution in [-0.4, -0.2) is 47.2 Å². The maximum Gasteiger partial charge on any atom is 0.404 e. The van der Waals surface area contributed by atoms with Crippen LogP contribution in [0.15, 0.2) is 36.4 Å². The molecule has 0 aromatic heterocycles. The van der Waals surface area contributed by atoms with Crippen LogP contribution in [0.1, 0.15) is 141 Å². The van der Waals surface area contributed by atoms with Crippen molar-refractivity contribution in [3.63, 3.8) is 0 Å². The van der Waals surface area contributed by atoms with E-state index in [0.29, 0.717) is 41.6 Å². The number of alkyl halides is 3. The number of ether oxygens (including phenoxy) is 1. The van der Waals surface area contributed by atoms with E-state index in [1.54, 1.807) is 42.2 Å². The van der Waals surface area contributed by atoms with Crippen LogP contribution >= 0.6 is 0 Å². The molecule has 6 rings (SSSR count). The van der Waals surface area contributed by atoms with E-state index in [9.17, 15) is 9.18 Å². The minimum Gasteiger partial charge on any atom is -0.460 e. The summed E-state index contributed by atoms with van der Waals surface area (Å²) in [4.78, 5) is 15.8. The number of halogens is 4. The Labute approximate surface area is 288 Å². The molecule has 2 unspecified atom stereocenters. The first-order valence-corrected chi connectivity index (χ1v) is 18.5. The molecule has 2 aliphatic carbocycles. The molecule has 4 aliphatic rings. The number of hydrogen-bond donors (Lipinski definition) is 3. The van der Waals surface area contributed by atoms with E-state index in [-0.39, 0.29) is 42.4 Å². The Bertz CT molecular complexity index is 1480. The molecule has 1 amide bonds. The number of amidine groups is 1. The van der Waals surface area contributed by atoms with Crippen molar-refractivity contribution >= 4 is 11.9 Å². The lowest BCUT2D eigenvalue weighted by Gasteiger charge is -2.47. The van der Waals surface area contributed by atoms with Crippen LogP contribution < -0.4 is 10.6 Å². The molecule has 2 aromatic carbocycles. The number of carbonyl (C=O) groups excluding carboxylic acids is 1. The molecule has 10 heteroatoms. The monoisotopic (exact) mass is 684 g/mol. The summed E-state index contributed by atoms with van der Waals surface area (Å²) in [7, 11) is 0. The van der Waals surface area contributed by atoms with Crippen LogP contribution in [0.25, 0.3) is 0 Å². The third-order valence-corrected chi connectivity index (χ3v) is 11.3. The number of carbonyl (C=O) groups is 1. The first-order valence-electron chi connectivity index (χ1n) is 18.5. The van der Waals surface area contributed by atoms with Gasteiger partial charge >= 0.3 is 6.18 Å². The highest BCUT2D eigenvalue weighted by Crippen LogP contribution is 2.45. The van der Waals surface area contributed by atoms with Gasteiger partial charge in [-0.3, -0.25) is 10.2 Å². The van der Waals surface area contributed by atoms with Gasteiger partial charge in [0.25, 0.3) is 11.9 Å². The fraction of sp³-hybridized carbons (Fsp3) is 0.641. The summed E-state index contributed by atoms with van der Waals surface area (Å²) in [5.41, 5.74) is 2.24. The van der Waals surface area contributed by atoms with Crippen molar-refractivity contribution in [3.8, 4) is 0 Å². The molecule has 2 aliphatic heterocycles. The Morgan fingerprint density at radius 3 is 2.27 bits per heavy atom. The summed E-state index contributed by atoms with van der Waals surface area (Å²) < 4.78 is 64.9. The Balaban J connectivity index is 1.31. The quantitative estimate of drug-likeness (QED) is 0.254. The largest absolute Gasteiger partial charge is 0.460 e. The van der Waals surface area contributed by atoms with Crippen LogP contribution in [0.4, 0.5) is 17.6 Å². The van der Waals surface area contributed by atoms with Crippen molar-refractivity contribution in [1.29, 1.82) is 5.41 Å². The van der Waals surface area contributed by atoms with E-state index < -0.39 is 23.7 Å². The number of hydrogen-bond acceptors (Lipinski definition) is 4. The van der Waals surface area contributed by atoms with Gasteiger partial charge in [0.05, 0.1) is 12.6 Å². The standard InChI is InChI=1S/C39H52F4N4O2/c1-25-19-29(13-14-33(25)40)34(28-11-12-28)45-36(48)31-21-27(24-47-23-26(2)49-37(47)44)20-30(22-31)32-15-18-38(46-35(32)39(41,42)43)16-9-7-5-3-4-6-8-10-17-38/h13-14,19-22,26,28,32,34-35,44,46H,3-12,15-18,23-24H2,1-2H3,(H,45,48)/t26-,32?,34+,35?/m1/s1. The molecule has 0 radical (unpaired) electrons. The van der Waals surface area contributed by atoms with E-state index in [1.165, 1.54) is 18.9 Å². The third kappa shape index (κ3) is 8.78. The highest BCUT2D eigenvalue weighted by atomic mass is 19.4. The van der Waals surface area contributed by atoms with Crippen molar-refractivity contribution in [1.82, 2.24) is 15.5 Å². The van der Waals surface area contributed by atoms with Crippen molar-refractivity contribution < 1.29 is 27.1 Å². The average Bonchev–Trinajstić information content (AvgIpc) is 3.85. The molecule has 4 fully saturated rings.